The summed E-state index contributed by atoms with van der Waals surface area (Å²) in [5.41, 5.74) is 4.94. The highest BCUT2D eigenvalue weighted by atomic mass is 19.1. The number of ether oxygens (including phenoxy) is 1. The summed E-state index contributed by atoms with van der Waals surface area (Å²) >= 11 is 0. The molecule has 0 N–H and O–H groups in total. The second-order valence-corrected chi connectivity index (χ2v) is 7.51. The molecule has 2 aromatic heterocycles. The molecule has 1 aliphatic heterocycles. The van der Waals surface area contributed by atoms with E-state index in [4.69, 9.17) is 9.84 Å². The van der Waals surface area contributed by atoms with E-state index >= 15 is 0 Å². The van der Waals surface area contributed by atoms with Gasteiger partial charge < -0.3 is 4.74 Å². The van der Waals surface area contributed by atoms with E-state index in [2.05, 4.69) is 35.3 Å². The first kappa shape index (κ1) is 18.7. The Balaban J connectivity index is 1.60. The van der Waals surface area contributed by atoms with Crippen LogP contribution in [0, 0.1) is 5.82 Å². The predicted molar refractivity (Wildman–Crippen MR) is 117 cm³/mol. The minimum Gasteiger partial charge on any atom is -0.356 e. The fourth-order valence-corrected chi connectivity index (χ4v) is 3.89. The van der Waals surface area contributed by atoms with Crippen molar-refractivity contribution in [3.05, 3.63) is 83.9 Å². The third kappa shape index (κ3) is 3.76. The molecule has 2 aromatic carbocycles. The Morgan fingerprint density at radius 2 is 1.73 bits per heavy atom. The van der Waals surface area contributed by atoms with E-state index in [0.717, 1.165) is 59.2 Å². The molecule has 0 radical (unpaired) electrons. The van der Waals surface area contributed by atoms with E-state index in [1.54, 1.807) is 24.5 Å². The number of halogens is 1. The lowest BCUT2D eigenvalue weighted by atomic mass is 10.0. The second kappa shape index (κ2) is 8.20. The van der Waals surface area contributed by atoms with Gasteiger partial charge >= 0.3 is 0 Å². The van der Waals surface area contributed by atoms with Crippen LogP contribution in [0.15, 0.2) is 67.0 Å². The zero-order chi connectivity index (χ0) is 20.3. The van der Waals surface area contributed by atoms with Crippen molar-refractivity contribution in [2.24, 2.45) is 0 Å². The first-order valence-electron chi connectivity index (χ1n) is 10.3. The highest BCUT2D eigenvalue weighted by molar-refractivity contribution is 5.95. The molecule has 30 heavy (non-hydrogen) atoms. The van der Waals surface area contributed by atoms with Gasteiger partial charge in [0.05, 0.1) is 5.52 Å². The number of aromatic nitrogens is 3. The van der Waals surface area contributed by atoms with E-state index in [1.807, 2.05) is 16.8 Å². The van der Waals surface area contributed by atoms with Gasteiger partial charge in [0.2, 0.25) is 0 Å². The first-order chi connectivity index (χ1) is 14.8. The van der Waals surface area contributed by atoms with Gasteiger partial charge in [-0.05, 0) is 78.9 Å². The van der Waals surface area contributed by atoms with Crippen LogP contribution in [0.4, 0.5) is 4.39 Å². The van der Waals surface area contributed by atoms with Crippen molar-refractivity contribution in [1.29, 1.82) is 0 Å². The van der Waals surface area contributed by atoms with Gasteiger partial charge in [-0.2, -0.15) is 5.10 Å². The van der Waals surface area contributed by atoms with Crippen LogP contribution in [-0.4, -0.2) is 21.4 Å². The van der Waals surface area contributed by atoms with Crippen molar-refractivity contribution in [3.63, 3.8) is 0 Å². The predicted octanol–water partition coefficient (Wildman–Crippen LogP) is 6.11. The van der Waals surface area contributed by atoms with Crippen LogP contribution in [-0.2, 0) is 4.74 Å². The van der Waals surface area contributed by atoms with Crippen LogP contribution >= 0.6 is 0 Å². The Labute approximate surface area is 174 Å². The number of nitrogens with zero attached hydrogens (tertiary/aromatic N) is 3. The second-order valence-electron chi connectivity index (χ2n) is 7.51. The van der Waals surface area contributed by atoms with E-state index in [1.165, 1.54) is 12.1 Å². The summed E-state index contributed by atoms with van der Waals surface area (Å²) in [5, 5.41) is 5.94. The van der Waals surface area contributed by atoms with Crippen molar-refractivity contribution in [3.8, 4) is 11.3 Å². The molecule has 0 bridgehead atoms. The fourth-order valence-electron chi connectivity index (χ4n) is 3.89. The molecule has 0 amide bonds. The summed E-state index contributed by atoms with van der Waals surface area (Å²) in [4.78, 5) is 4.06. The molecule has 5 rings (SSSR count). The number of hydrogen-bond donors (Lipinski definition) is 0. The van der Waals surface area contributed by atoms with Gasteiger partial charge in [0, 0.05) is 30.0 Å². The first-order valence-corrected chi connectivity index (χ1v) is 10.3. The molecule has 1 unspecified atom stereocenters. The van der Waals surface area contributed by atoms with E-state index in [9.17, 15) is 4.39 Å². The molecule has 150 valence electrons. The number of fused-ring (bicyclic) bond motifs is 1. The average Bonchev–Trinajstić information content (AvgIpc) is 3.18. The summed E-state index contributed by atoms with van der Waals surface area (Å²) in [6.45, 7) is 0.755. The number of benzene rings is 2. The van der Waals surface area contributed by atoms with Gasteiger partial charge in [-0.3, -0.25) is 4.98 Å². The van der Waals surface area contributed by atoms with E-state index in [-0.39, 0.29) is 12.0 Å². The van der Waals surface area contributed by atoms with Crippen LogP contribution in [0.3, 0.4) is 0 Å². The van der Waals surface area contributed by atoms with E-state index < -0.39 is 0 Å². The van der Waals surface area contributed by atoms with Gasteiger partial charge in [-0.15, -0.1) is 0 Å². The Kier molecular flexibility index (Phi) is 5.11. The largest absolute Gasteiger partial charge is 0.356 e. The van der Waals surface area contributed by atoms with Gasteiger partial charge in [-0.1, -0.05) is 18.2 Å². The molecule has 4 aromatic rings. The molecule has 1 atom stereocenters. The van der Waals surface area contributed by atoms with Crippen LogP contribution in [0.25, 0.3) is 34.3 Å². The van der Waals surface area contributed by atoms with Gasteiger partial charge in [0.15, 0.2) is 6.23 Å². The minimum atomic E-state index is -0.251. The van der Waals surface area contributed by atoms with Gasteiger partial charge in [-0.25, -0.2) is 9.07 Å². The molecule has 1 fully saturated rings. The maximum absolute atomic E-state index is 13.5. The molecule has 0 aliphatic carbocycles. The van der Waals surface area contributed by atoms with Gasteiger partial charge in [0.1, 0.15) is 11.5 Å². The standard InChI is InChI=1S/C25H22FN3O/c26-21-9-7-20(8-10-21)25-22-17-19(5-4-18-12-14-27-15-13-18)6-11-23(22)29(28-25)24-3-1-2-16-30-24/h4-15,17,24H,1-3,16H2. The van der Waals surface area contributed by atoms with Crippen molar-refractivity contribution >= 4 is 23.1 Å². The summed E-state index contributed by atoms with van der Waals surface area (Å²) in [6.07, 6.45) is 10.8. The van der Waals surface area contributed by atoms with Crippen LogP contribution in [0.5, 0.6) is 0 Å². The molecule has 3 heterocycles. The molecular formula is C25H22FN3O. The third-order valence-corrected chi connectivity index (χ3v) is 5.45. The molecule has 1 saturated heterocycles. The van der Waals surface area contributed by atoms with Crippen LogP contribution in [0.2, 0.25) is 0 Å². The number of pyridine rings is 1. The summed E-state index contributed by atoms with van der Waals surface area (Å²) in [7, 11) is 0. The van der Waals surface area contributed by atoms with Crippen molar-refractivity contribution < 1.29 is 9.13 Å². The van der Waals surface area contributed by atoms with Crippen LogP contribution < -0.4 is 0 Å². The highest BCUT2D eigenvalue weighted by Crippen LogP contribution is 2.33. The van der Waals surface area contributed by atoms with Crippen molar-refractivity contribution in [1.82, 2.24) is 14.8 Å². The summed E-state index contributed by atoms with van der Waals surface area (Å²) < 4.78 is 21.5. The Hall–Kier alpha value is -3.31. The lowest BCUT2D eigenvalue weighted by molar-refractivity contribution is -0.0365. The molecule has 4 nitrogen and oxygen atoms in total. The zero-order valence-corrected chi connectivity index (χ0v) is 16.5. The number of rotatable bonds is 4. The Morgan fingerprint density at radius 1 is 0.933 bits per heavy atom. The lowest BCUT2D eigenvalue weighted by Crippen LogP contribution is -2.19. The zero-order valence-electron chi connectivity index (χ0n) is 16.5. The smallest absolute Gasteiger partial charge is 0.150 e. The minimum absolute atomic E-state index is 0.0614. The van der Waals surface area contributed by atoms with Gasteiger partial charge in [0.25, 0.3) is 0 Å². The van der Waals surface area contributed by atoms with Crippen LogP contribution in [0.1, 0.15) is 36.6 Å². The summed E-state index contributed by atoms with van der Waals surface area (Å²) in [5.74, 6) is -0.251. The number of hydrogen-bond acceptors (Lipinski definition) is 3. The molecule has 1 aliphatic rings. The monoisotopic (exact) mass is 399 g/mol. The fraction of sp³-hybridized carbons (Fsp3) is 0.200. The maximum atomic E-state index is 13.5. The topological polar surface area (TPSA) is 39.9 Å². The molecule has 0 saturated carbocycles. The van der Waals surface area contributed by atoms with E-state index in [0.29, 0.717) is 0 Å². The Morgan fingerprint density at radius 3 is 2.50 bits per heavy atom. The summed E-state index contributed by atoms with van der Waals surface area (Å²) in [6, 6.07) is 16.8. The maximum Gasteiger partial charge on any atom is 0.150 e. The van der Waals surface area contributed by atoms with Crippen molar-refractivity contribution in [2.75, 3.05) is 6.61 Å². The molecule has 0 spiro atoms. The Bertz CT molecular complexity index is 1180. The lowest BCUT2D eigenvalue weighted by Gasteiger charge is -2.23. The highest BCUT2D eigenvalue weighted by Gasteiger charge is 2.21. The SMILES string of the molecule is Fc1ccc(-c2nn(C3CCCCO3)c3ccc(C=Cc4ccncc4)cc23)cc1. The normalized spacial score (nSPS) is 17.0. The van der Waals surface area contributed by atoms with Crippen molar-refractivity contribution in [2.45, 2.75) is 25.5 Å². The average molecular weight is 399 g/mol. The molecule has 5 heteroatoms. The molecular weight excluding hydrogens is 377 g/mol. The third-order valence-electron chi connectivity index (χ3n) is 5.45. The quantitative estimate of drug-likeness (QED) is 0.416.